The Balaban J connectivity index is 3.01. The molecule has 14 heavy (non-hydrogen) atoms. The molecule has 0 aliphatic heterocycles. The summed E-state index contributed by atoms with van der Waals surface area (Å²) in [6.07, 6.45) is 1.67. The van der Waals surface area contributed by atoms with Crippen molar-refractivity contribution in [1.29, 1.82) is 5.26 Å². The van der Waals surface area contributed by atoms with Gasteiger partial charge in [-0.1, -0.05) is 18.2 Å². The molecule has 0 N–H and O–H groups in total. The second-order valence-corrected chi connectivity index (χ2v) is 3.92. The van der Waals surface area contributed by atoms with Gasteiger partial charge in [0.2, 0.25) is 0 Å². The highest BCUT2D eigenvalue weighted by Crippen LogP contribution is 2.27. The highest BCUT2D eigenvalue weighted by atomic mass is 79.9. The monoisotopic (exact) mass is 246 g/mol. The molecule has 0 saturated carbocycles. The lowest BCUT2D eigenvalue weighted by Crippen LogP contribution is -1.88. The standard InChI is InChI=1S/C11H7BrN2/c1-7-3-2-4-8-9(12)6-14-10(5-13)11(7)8/h2-4,6H,1H3. The van der Waals surface area contributed by atoms with Gasteiger partial charge in [0, 0.05) is 21.4 Å². The molecule has 68 valence electrons. The maximum absolute atomic E-state index is 8.92. The van der Waals surface area contributed by atoms with Crippen molar-refractivity contribution in [2.45, 2.75) is 6.92 Å². The van der Waals surface area contributed by atoms with E-state index in [1.165, 1.54) is 0 Å². The van der Waals surface area contributed by atoms with Gasteiger partial charge in [0.05, 0.1) is 0 Å². The van der Waals surface area contributed by atoms with Gasteiger partial charge in [-0.2, -0.15) is 5.26 Å². The lowest BCUT2D eigenvalue weighted by molar-refractivity contribution is 1.28. The second-order valence-electron chi connectivity index (χ2n) is 3.06. The summed E-state index contributed by atoms with van der Waals surface area (Å²) in [5.41, 5.74) is 1.56. The average Bonchev–Trinajstić information content (AvgIpc) is 2.20. The molecule has 0 atom stereocenters. The zero-order chi connectivity index (χ0) is 10.1. The van der Waals surface area contributed by atoms with Gasteiger partial charge in [-0.15, -0.1) is 0 Å². The van der Waals surface area contributed by atoms with Crippen molar-refractivity contribution in [1.82, 2.24) is 4.98 Å². The fourth-order valence-electron chi connectivity index (χ4n) is 1.52. The summed E-state index contributed by atoms with van der Waals surface area (Å²) in [4.78, 5) is 4.08. The second kappa shape index (κ2) is 3.39. The van der Waals surface area contributed by atoms with Crippen LogP contribution in [0.3, 0.4) is 0 Å². The molecule has 1 heterocycles. The molecule has 2 aromatic rings. The summed E-state index contributed by atoms with van der Waals surface area (Å²) in [5, 5.41) is 10.9. The smallest absolute Gasteiger partial charge is 0.148 e. The molecule has 0 radical (unpaired) electrons. The number of benzene rings is 1. The number of hydrogen-bond donors (Lipinski definition) is 0. The van der Waals surface area contributed by atoms with E-state index >= 15 is 0 Å². The predicted octanol–water partition coefficient (Wildman–Crippen LogP) is 3.18. The summed E-state index contributed by atoms with van der Waals surface area (Å²) >= 11 is 3.42. The number of nitriles is 1. The van der Waals surface area contributed by atoms with E-state index in [0.29, 0.717) is 5.69 Å². The summed E-state index contributed by atoms with van der Waals surface area (Å²) < 4.78 is 0.926. The van der Waals surface area contributed by atoms with E-state index in [4.69, 9.17) is 5.26 Å². The molecule has 0 amide bonds. The van der Waals surface area contributed by atoms with Gasteiger partial charge in [0.15, 0.2) is 0 Å². The van der Waals surface area contributed by atoms with Gasteiger partial charge >= 0.3 is 0 Å². The highest BCUT2D eigenvalue weighted by Gasteiger charge is 2.06. The maximum Gasteiger partial charge on any atom is 0.148 e. The molecule has 0 aliphatic carbocycles. The number of rotatable bonds is 0. The maximum atomic E-state index is 8.92. The normalized spacial score (nSPS) is 10.1. The molecule has 0 fully saturated rings. The van der Waals surface area contributed by atoms with Crippen LogP contribution in [0, 0.1) is 18.3 Å². The van der Waals surface area contributed by atoms with Crippen molar-refractivity contribution in [3.8, 4) is 6.07 Å². The summed E-state index contributed by atoms with van der Waals surface area (Å²) in [6, 6.07) is 8.05. The van der Waals surface area contributed by atoms with Crippen LogP contribution < -0.4 is 0 Å². The average molecular weight is 247 g/mol. The van der Waals surface area contributed by atoms with E-state index in [2.05, 4.69) is 27.0 Å². The number of nitrogens with zero attached hydrogens (tertiary/aromatic N) is 2. The third kappa shape index (κ3) is 1.28. The van der Waals surface area contributed by atoms with E-state index in [0.717, 1.165) is 20.8 Å². The number of halogens is 1. The molecular weight excluding hydrogens is 240 g/mol. The van der Waals surface area contributed by atoms with Gasteiger partial charge in [-0.25, -0.2) is 4.98 Å². The molecule has 0 aliphatic rings. The third-order valence-electron chi connectivity index (χ3n) is 2.18. The fourth-order valence-corrected chi connectivity index (χ4v) is 1.95. The van der Waals surface area contributed by atoms with Crippen molar-refractivity contribution in [2.24, 2.45) is 0 Å². The van der Waals surface area contributed by atoms with E-state index in [1.54, 1.807) is 6.20 Å². The van der Waals surface area contributed by atoms with E-state index < -0.39 is 0 Å². The third-order valence-corrected chi connectivity index (χ3v) is 2.81. The number of pyridine rings is 1. The van der Waals surface area contributed by atoms with Crippen LogP contribution in [0.4, 0.5) is 0 Å². The Hall–Kier alpha value is -1.40. The number of fused-ring (bicyclic) bond motifs is 1. The number of aryl methyl sites for hydroxylation is 1. The van der Waals surface area contributed by atoms with Crippen molar-refractivity contribution >= 4 is 26.7 Å². The zero-order valence-electron chi connectivity index (χ0n) is 7.58. The summed E-state index contributed by atoms with van der Waals surface area (Å²) in [7, 11) is 0. The Morgan fingerprint density at radius 1 is 1.43 bits per heavy atom. The van der Waals surface area contributed by atoms with Gasteiger partial charge in [-0.05, 0) is 28.4 Å². The predicted molar refractivity (Wildman–Crippen MR) is 58.9 cm³/mol. The van der Waals surface area contributed by atoms with Gasteiger partial charge in [-0.3, -0.25) is 0 Å². The first-order valence-corrected chi connectivity index (χ1v) is 4.97. The van der Waals surface area contributed by atoms with Crippen molar-refractivity contribution < 1.29 is 0 Å². The molecule has 1 aromatic heterocycles. The Morgan fingerprint density at radius 3 is 2.93 bits per heavy atom. The van der Waals surface area contributed by atoms with Crippen LogP contribution in [-0.2, 0) is 0 Å². The number of aromatic nitrogens is 1. The van der Waals surface area contributed by atoms with E-state index in [9.17, 15) is 0 Å². The first-order chi connectivity index (χ1) is 6.74. The van der Waals surface area contributed by atoms with E-state index in [1.807, 2.05) is 25.1 Å². The zero-order valence-corrected chi connectivity index (χ0v) is 9.17. The van der Waals surface area contributed by atoms with Gasteiger partial charge in [0.1, 0.15) is 11.8 Å². The first-order valence-electron chi connectivity index (χ1n) is 4.18. The van der Waals surface area contributed by atoms with Crippen molar-refractivity contribution in [2.75, 3.05) is 0 Å². The van der Waals surface area contributed by atoms with Crippen LogP contribution in [0.25, 0.3) is 10.8 Å². The first kappa shape index (κ1) is 9.17. The Labute approximate surface area is 90.3 Å². The molecule has 0 saturated heterocycles. The van der Waals surface area contributed by atoms with Crippen LogP contribution in [-0.4, -0.2) is 4.98 Å². The quantitative estimate of drug-likeness (QED) is 0.716. The van der Waals surface area contributed by atoms with Gasteiger partial charge in [0.25, 0.3) is 0 Å². The summed E-state index contributed by atoms with van der Waals surface area (Å²) in [6.45, 7) is 1.98. The largest absolute Gasteiger partial charge is 0.244 e. The summed E-state index contributed by atoms with van der Waals surface area (Å²) in [5.74, 6) is 0. The fraction of sp³-hybridized carbons (Fsp3) is 0.0909. The molecular formula is C11H7BrN2. The lowest BCUT2D eigenvalue weighted by atomic mass is 10.1. The SMILES string of the molecule is Cc1cccc2c(Br)cnc(C#N)c12. The van der Waals surface area contributed by atoms with Crippen LogP contribution >= 0.6 is 15.9 Å². The molecule has 0 spiro atoms. The molecule has 2 nitrogen and oxygen atoms in total. The van der Waals surface area contributed by atoms with Crippen LogP contribution in [0.1, 0.15) is 11.3 Å². The van der Waals surface area contributed by atoms with Crippen LogP contribution in [0.2, 0.25) is 0 Å². The van der Waals surface area contributed by atoms with Crippen LogP contribution in [0.15, 0.2) is 28.9 Å². The minimum absolute atomic E-state index is 0.487. The minimum Gasteiger partial charge on any atom is -0.244 e. The topological polar surface area (TPSA) is 36.7 Å². The molecule has 0 bridgehead atoms. The Morgan fingerprint density at radius 2 is 2.21 bits per heavy atom. The number of hydrogen-bond acceptors (Lipinski definition) is 2. The minimum atomic E-state index is 0.487. The Bertz CT molecular complexity index is 541. The highest BCUT2D eigenvalue weighted by molar-refractivity contribution is 9.10. The Kier molecular flexibility index (Phi) is 2.22. The van der Waals surface area contributed by atoms with Crippen molar-refractivity contribution in [3.63, 3.8) is 0 Å². The van der Waals surface area contributed by atoms with Crippen LogP contribution in [0.5, 0.6) is 0 Å². The lowest BCUT2D eigenvalue weighted by Gasteiger charge is -2.04. The van der Waals surface area contributed by atoms with Crippen molar-refractivity contribution in [3.05, 3.63) is 40.1 Å². The van der Waals surface area contributed by atoms with Gasteiger partial charge < -0.3 is 0 Å². The molecule has 0 unspecified atom stereocenters. The molecule has 2 rings (SSSR count). The van der Waals surface area contributed by atoms with E-state index in [-0.39, 0.29) is 0 Å². The molecule has 3 heteroatoms. The molecule has 1 aromatic carbocycles.